The molecule has 22 heavy (non-hydrogen) atoms. The van der Waals surface area contributed by atoms with Crippen LogP contribution in [0.3, 0.4) is 0 Å². The molecule has 5 N–H and O–H groups in total. The number of aromatic amines is 1. The molecule has 0 bridgehead atoms. The van der Waals surface area contributed by atoms with Crippen LogP contribution >= 0.6 is 0 Å². The summed E-state index contributed by atoms with van der Waals surface area (Å²) < 4.78 is 11.5. The number of carbonyl (C=O) groups excluding carboxylic acids is 1. The number of H-pyrrole nitrogens is 1. The molecule has 1 unspecified atom stereocenters. The third-order valence-corrected chi connectivity index (χ3v) is 3.45. The van der Waals surface area contributed by atoms with Gasteiger partial charge in [0.2, 0.25) is 5.91 Å². The fourth-order valence-electron chi connectivity index (χ4n) is 2.38. The van der Waals surface area contributed by atoms with Crippen LogP contribution in [0.2, 0.25) is 0 Å². The lowest BCUT2D eigenvalue weighted by molar-refractivity contribution is -0.117. The highest BCUT2D eigenvalue weighted by Crippen LogP contribution is 2.30. The van der Waals surface area contributed by atoms with E-state index in [4.69, 9.17) is 20.3 Å². The Kier molecular flexibility index (Phi) is 4.76. The van der Waals surface area contributed by atoms with Crippen LogP contribution in [0.5, 0.6) is 0 Å². The molecule has 4 atom stereocenters. The lowest BCUT2D eigenvalue weighted by Gasteiger charge is -2.20. The Labute approximate surface area is 124 Å². The van der Waals surface area contributed by atoms with Gasteiger partial charge in [0.15, 0.2) is 6.23 Å². The highest BCUT2D eigenvalue weighted by atomic mass is 16.6. The summed E-state index contributed by atoms with van der Waals surface area (Å²) >= 11 is 0. The fraction of sp³-hybridized carbons (Fsp3) is 0.583. The number of hydrogen-bond donors (Lipinski definition) is 4. The van der Waals surface area contributed by atoms with Crippen molar-refractivity contribution in [2.24, 2.45) is 5.73 Å². The first-order valence-corrected chi connectivity index (χ1v) is 6.48. The standard InChI is InChI=1S/C12H17N3O7/c1-21-9-8(18)6(4-16)22-11(9)15-3-5(2-7(13)17)10(19)14-12(15)20/h3,6,8-9,11,16,18H,2,4H2,1H3,(H2,13,17)(H,14,19,20)/t6-,8?,9+,11-/m1/s1. The third kappa shape index (κ3) is 2.95. The molecule has 1 aliphatic heterocycles. The van der Waals surface area contributed by atoms with Crippen molar-refractivity contribution in [2.75, 3.05) is 13.7 Å². The van der Waals surface area contributed by atoms with Crippen molar-refractivity contribution in [1.82, 2.24) is 9.55 Å². The van der Waals surface area contributed by atoms with Gasteiger partial charge in [-0.3, -0.25) is 19.1 Å². The number of methoxy groups -OCH3 is 1. The van der Waals surface area contributed by atoms with Crippen LogP contribution in [0, 0.1) is 0 Å². The molecule has 1 aromatic heterocycles. The summed E-state index contributed by atoms with van der Waals surface area (Å²) in [5.74, 6) is -0.736. The van der Waals surface area contributed by atoms with Gasteiger partial charge in [0.05, 0.1) is 13.0 Å². The molecule has 1 aliphatic rings. The molecule has 0 radical (unpaired) electrons. The zero-order chi connectivity index (χ0) is 16.4. The van der Waals surface area contributed by atoms with Crippen LogP contribution in [0.15, 0.2) is 15.8 Å². The summed E-state index contributed by atoms with van der Waals surface area (Å²) in [5.41, 5.74) is 3.50. The molecule has 2 rings (SSSR count). The van der Waals surface area contributed by atoms with Crippen LogP contribution in [0.25, 0.3) is 0 Å². The van der Waals surface area contributed by atoms with Gasteiger partial charge in [-0.15, -0.1) is 0 Å². The van der Waals surface area contributed by atoms with Crippen molar-refractivity contribution in [3.8, 4) is 0 Å². The maximum atomic E-state index is 11.9. The van der Waals surface area contributed by atoms with Crippen LogP contribution in [-0.4, -0.2) is 57.7 Å². The number of aromatic nitrogens is 2. The normalized spacial score (nSPS) is 28.0. The summed E-state index contributed by atoms with van der Waals surface area (Å²) in [5, 5.41) is 19.1. The third-order valence-electron chi connectivity index (χ3n) is 3.45. The number of aliphatic hydroxyl groups is 2. The van der Waals surface area contributed by atoms with E-state index in [-0.39, 0.29) is 12.0 Å². The minimum absolute atomic E-state index is 0.0208. The Bertz CT molecular complexity index is 667. The molecule has 1 fully saturated rings. The van der Waals surface area contributed by atoms with E-state index < -0.39 is 48.3 Å². The molecule has 10 nitrogen and oxygen atoms in total. The van der Waals surface area contributed by atoms with E-state index in [0.29, 0.717) is 0 Å². The summed E-state index contributed by atoms with van der Waals surface area (Å²) in [6.45, 7) is -0.468. The number of nitrogens with two attached hydrogens (primary N) is 1. The Hall–Kier alpha value is -2.01. The minimum atomic E-state index is -1.15. The van der Waals surface area contributed by atoms with Crippen LogP contribution in [-0.2, 0) is 20.7 Å². The lowest BCUT2D eigenvalue weighted by atomic mass is 10.1. The highest BCUT2D eigenvalue weighted by Gasteiger charge is 2.45. The summed E-state index contributed by atoms with van der Waals surface area (Å²) in [7, 11) is 1.31. The van der Waals surface area contributed by atoms with E-state index in [2.05, 4.69) is 0 Å². The van der Waals surface area contributed by atoms with Gasteiger partial charge in [-0.1, -0.05) is 0 Å². The monoisotopic (exact) mass is 315 g/mol. The average Bonchev–Trinajstić information content (AvgIpc) is 2.77. The van der Waals surface area contributed by atoms with Gasteiger partial charge < -0.3 is 25.4 Å². The number of ether oxygens (including phenoxy) is 2. The van der Waals surface area contributed by atoms with Crippen molar-refractivity contribution in [1.29, 1.82) is 0 Å². The van der Waals surface area contributed by atoms with Crippen molar-refractivity contribution in [3.05, 3.63) is 32.6 Å². The van der Waals surface area contributed by atoms with Gasteiger partial charge >= 0.3 is 5.69 Å². The second kappa shape index (κ2) is 6.40. The van der Waals surface area contributed by atoms with Gasteiger partial charge in [0.25, 0.3) is 5.56 Å². The van der Waals surface area contributed by atoms with Gasteiger partial charge in [-0.25, -0.2) is 4.79 Å². The highest BCUT2D eigenvalue weighted by molar-refractivity contribution is 5.76. The average molecular weight is 315 g/mol. The van der Waals surface area contributed by atoms with Crippen LogP contribution in [0.4, 0.5) is 0 Å². The molecule has 122 valence electrons. The molecule has 1 saturated heterocycles. The zero-order valence-electron chi connectivity index (χ0n) is 11.8. The van der Waals surface area contributed by atoms with Gasteiger partial charge in [0.1, 0.15) is 18.3 Å². The Morgan fingerprint density at radius 1 is 1.55 bits per heavy atom. The maximum Gasteiger partial charge on any atom is 0.330 e. The van der Waals surface area contributed by atoms with Gasteiger partial charge in [-0.2, -0.15) is 0 Å². The number of nitrogens with zero attached hydrogens (tertiary/aromatic N) is 1. The van der Waals surface area contributed by atoms with Crippen molar-refractivity contribution in [3.63, 3.8) is 0 Å². The van der Waals surface area contributed by atoms with Crippen molar-refractivity contribution in [2.45, 2.75) is 31.0 Å². The number of aliphatic hydroxyl groups excluding tert-OH is 2. The molecular weight excluding hydrogens is 298 g/mol. The quantitative estimate of drug-likeness (QED) is 0.446. The first-order valence-electron chi connectivity index (χ1n) is 6.48. The molecule has 2 heterocycles. The molecular formula is C12H17N3O7. The predicted molar refractivity (Wildman–Crippen MR) is 72.0 cm³/mol. The summed E-state index contributed by atoms with van der Waals surface area (Å²) in [4.78, 5) is 36.6. The zero-order valence-corrected chi connectivity index (χ0v) is 11.8. The number of rotatable bonds is 5. The number of amides is 1. The largest absolute Gasteiger partial charge is 0.394 e. The summed E-state index contributed by atoms with van der Waals surface area (Å²) in [6.07, 6.45) is -3.30. The SMILES string of the molecule is CO[C@H]1C(O)[C@@H](CO)O[C@H]1n1cc(CC(N)=O)c(=O)[nH]c1=O. The first kappa shape index (κ1) is 16.4. The van der Waals surface area contributed by atoms with E-state index >= 15 is 0 Å². The lowest BCUT2D eigenvalue weighted by Crippen LogP contribution is -2.40. The molecule has 0 aromatic carbocycles. The molecule has 0 saturated carbocycles. The van der Waals surface area contributed by atoms with E-state index in [1.54, 1.807) is 0 Å². The van der Waals surface area contributed by atoms with E-state index in [1.165, 1.54) is 7.11 Å². The Balaban J connectivity index is 2.45. The molecule has 0 aliphatic carbocycles. The predicted octanol–water partition coefficient (Wildman–Crippen LogP) is -3.17. The number of primary amides is 1. The van der Waals surface area contributed by atoms with Gasteiger partial charge in [0, 0.05) is 18.9 Å². The first-order chi connectivity index (χ1) is 10.4. The van der Waals surface area contributed by atoms with Crippen LogP contribution in [0.1, 0.15) is 11.8 Å². The minimum Gasteiger partial charge on any atom is -0.394 e. The smallest absolute Gasteiger partial charge is 0.330 e. The molecule has 1 aromatic rings. The Morgan fingerprint density at radius 2 is 2.23 bits per heavy atom. The topological polar surface area (TPSA) is 157 Å². The van der Waals surface area contributed by atoms with Crippen molar-refractivity contribution < 1.29 is 24.5 Å². The summed E-state index contributed by atoms with van der Waals surface area (Å²) in [6, 6.07) is 0. The van der Waals surface area contributed by atoms with E-state index in [9.17, 15) is 19.5 Å². The van der Waals surface area contributed by atoms with Gasteiger partial charge in [-0.05, 0) is 0 Å². The molecule has 1 amide bonds. The molecule has 0 spiro atoms. The number of hydrogen-bond acceptors (Lipinski definition) is 7. The van der Waals surface area contributed by atoms with Crippen LogP contribution < -0.4 is 17.0 Å². The van der Waals surface area contributed by atoms with Crippen molar-refractivity contribution >= 4 is 5.91 Å². The second-order valence-corrected chi connectivity index (χ2v) is 4.90. The van der Waals surface area contributed by atoms with E-state index in [0.717, 1.165) is 10.8 Å². The molecule has 10 heteroatoms. The second-order valence-electron chi connectivity index (χ2n) is 4.90. The number of carbonyl (C=O) groups is 1. The number of nitrogens with one attached hydrogen (secondary N) is 1. The van der Waals surface area contributed by atoms with E-state index in [1.807, 2.05) is 4.98 Å². The Morgan fingerprint density at radius 3 is 2.77 bits per heavy atom. The maximum absolute atomic E-state index is 11.9. The fourth-order valence-corrected chi connectivity index (χ4v) is 2.38.